The van der Waals surface area contributed by atoms with Crippen LogP contribution in [-0.2, 0) is 42.8 Å². The molecule has 0 radical (unpaired) electrons. The van der Waals surface area contributed by atoms with E-state index in [4.69, 9.17) is 28.4 Å². The molecule has 2 bridgehead atoms. The molecular formula is C27H34O11. The van der Waals surface area contributed by atoms with Crippen LogP contribution in [-0.4, -0.2) is 95.8 Å². The van der Waals surface area contributed by atoms with Crippen LogP contribution >= 0.6 is 0 Å². The standard InChI is InChI=1S/C27H34O11/c1-14-8-9-33-18(29)6-4-5-7-19(30)36-16-10-17-27(13-35-27)25(16,3)26(12-34-23(32)20(14)31)11-15(28)24(2)21(38-24)22(26)37-17/h4-7,14-17,20-22,28,31H,8-13H2,1-3H3/b6-4-,7-5+/t14-,15-,16+,17+,20-,21-,22+,24+,25+,26-,27-/m0/s1. The molecule has 4 aliphatic heterocycles. The molecule has 2 spiro atoms. The van der Waals surface area contributed by atoms with E-state index in [1.54, 1.807) is 6.92 Å². The molecule has 208 valence electrons. The summed E-state index contributed by atoms with van der Waals surface area (Å²) in [5.74, 6) is -2.60. The Kier molecular flexibility index (Phi) is 5.87. The first-order chi connectivity index (χ1) is 18.0. The van der Waals surface area contributed by atoms with Crippen molar-refractivity contribution in [2.24, 2.45) is 16.7 Å². The van der Waals surface area contributed by atoms with Gasteiger partial charge in [0, 0.05) is 24.0 Å². The summed E-state index contributed by atoms with van der Waals surface area (Å²) < 4.78 is 35.5. The zero-order chi connectivity index (χ0) is 27.1. The van der Waals surface area contributed by atoms with Gasteiger partial charge < -0.3 is 38.6 Å². The Balaban J connectivity index is 1.39. The van der Waals surface area contributed by atoms with E-state index in [-0.39, 0.29) is 32.2 Å². The Labute approximate surface area is 220 Å². The lowest BCUT2D eigenvalue weighted by Crippen LogP contribution is -2.71. The monoisotopic (exact) mass is 534 g/mol. The molecule has 4 heterocycles. The van der Waals surface area contributed by atoms with Crippen molar-refractivity contribution < 1.29 is 53.0 Å². The number of allylic oxidation sites excluding steroid dienone is 2. The van der Waals surface area contributed by atoms with E-state index >= 15 is 0 Å². The van der Waals surface area contributed by atoms with Crippen LogP contribution in [0.4, 0.5) is 0 Å². The Hall–Kier alpha value is -2.31. The fraction of sp³-hybridized carbons (Fsp3) is 0.741. The summed E-state index contributed by atoms with van der Waals surface area (Å²) in [4.78, 5) is 37.8. The zero-order valence-electron chi connectivity index (χ0n) is 21.7. The first-order valence-electron chi connectivity index (χ1n) is 13.2. The van der Waals surface area contributed by atoms with Gasteiger partial charge in [0.25, 0.3) is 0 Å². The van der Waals surface area contributed by atoms with Crippen molar-refractivity contribution in [2.75, 3.05) is 19.8 Å². The molecule has 11 nitrogen and oxygen atoms in total. The number of aliphatic hydroxyl groups excluding tert-OH is 2. The Morgan fingerprint density at radius 1 is 0.947 bits per heavy atom. The minimum atomic E-state index is -1.45. The summed E-state index contributed by atoms with van der Waals surface area (Å²) in [6, 6.07) is 0. The van der Waals surface area contributed by atoms with Crippen molar-refractivity contribution >= 4 is 17.9 Å². The molecule has 2 saturated carbocycles. The fourth-order valence-corrected chi connectivity index (χ4v) is 7.38. The molecule has 0 unspecified atom stereocenters. The number of carbonyl (C=O) groups is 3. The van der Waals surface area contributed by atoms with Crippen LogP contribution in [0.3, 0.4) is 0 Å². The minimum absolute atomic E-state index is 0.00885. The summed E-state index contributed by atoms with van der Waals surface area (Å²) in [5, 5.41) is 21.9. The first kappa shape index (κ1) is 25.9. The highest BCUT2D eigenvalue weighted by Gasteiger charge is 2.87. The van der Waals surface area contributed by atoms with Crippen molar-refractivity contribution in [2.45, 2.75) is 87.9 Å². The van der Waals surface area contributed by atoms with Gasteiger partial charge >= 0.3 is 17.9 Å². The van der Waals surface area contributed by atoms with Crippen molar-refractivity contribution in [3.63, 3.8) is 0 Å². The summed E-state index contributed by atoms with van der Waals surface area (Å²) in [5.41, 5.74) is -3.47. The average Bonchev–Trinajstić information content (AvgIpc) is 3.78. The predicted molar refractivity (Wildman–Crippen MR) is 126 cm³/mol. The van der Waals surface area contributed by atoms with Gasteiger partial charge in [-0.3, -0.25) is 0 Å². The Morgan fingerprint density at radius 3 is 2.37 bits per heavy atom. The second kappa shape index (κ2) is 8.59. The number of carbonyl (C=O) groups excluding carboxylic acids is 3. The topological polar surface area (TPSA) is 154 Å². The van der Waals surface area contributed by atoms with Gasteiger partial charge in [-0.15, -0.1) is 0 Å². The van der Waals surface area contributed by atoms with E-state index in [1.165, 1.54) is 24.3 Å². The molecule has 0 aromatic carbocycles. The molecular weight excluding hydrogens is 500 g/mol. The zero-order valence-corrected chi connectivity index (χ0v) is 21.7. The van der Waals surface area contributed by atoms with Crippen LogP contribution in [0.5, 0.6) is 0 Å². The highest BCUT2D eigenvalue weighted by atomic mass is 16.7. The van der Waals surface area contributed by atoms with Crippen LogP contribution < -0.4 is 0 Å². The quantitative estimate of drug-likeness (QED) is 0.251. The molecule has 0 aromatic heterocycles. The molecule has 2 N–H and O–H groups in total. The molecule has 0 aromatic rings. The maximum absolute atomic E-state index is 13.0. The van der Waals surface area contributed by atoms with Crippen molar-refractivity contribution in [1.29, 1.82) is 0 Å². The van der Waals surface area contributed by atoms with Gasteiger partial charge in [-0.25, -0.2) is 14.4 Å². The molecule has 11 atom stereocenters. The van der Waals surface area contributed by atoms with Crippen LogP contribution in [0, 0.1) is 16.7 Å². The molecule has 2 aliphatic carbocycles. The third-order valence-electron chi connectivity index (χ3n) is 10.1. The third-order valence-corrected chi connectivity index (χ3v) is 10.1. The van der Waals surface area contributed by atoms with Crippen LogP contribution in [0.2, 0.25) is 0 Å². The number of cyclic esters (lactones) is 2. The summed E-state index contributed by atoms with van der Waals surface area (Å²) in [7, 11) is 0. The van der Waals surface area contributed by atoms with E-state index in [0.717, 1.165) is 0 Å². The molecule has 3 saturated heterocycles. The average molecular weight is 535 g/mol. The number of hydrogen-bond donors (Lipinski definition) is 2. The molecule has 0 amide bonds. The normalized spacial score (nSPS) is 53.8. The largest absolute Gasteiger partial charge is 0.463 e. The second-order valence-electron chi connectivity index (χ2n) is 11.9. The van der Waals surface area contributed by atoms with Gasteiger partial charge in [0.05, 0.1) is 36.9 Å². The molecule has 38 heavy (non-hydrogen) atoms. The van der Waals surface area contributed by atoms with Gasteiger partial charge in [-0.1, -0.05) is 26.0 Å². The van der Waals surface area contributed by atoms with Crippen LogP contribution in [0.25, 0.3) is 0 Å². The summed E-state index contributed by atoms with van der Waals surface area (Å²) in [6.07, 6.45) is 1.58. The number of hydrogen-bond acceptors (Lipinski definition) is 11. The maximum Gasteiger partial charge on any atom is 0.335 e. The van der Waals surface area contributed by atoms with Gasteiger partial charge in [-0.05, 0) is 25.7 Å². The van der Waals surface area contributed by atoms with E-state index < -0.39 is 76.4 Å². The molecule has 11 heteroatoms. The van der Waals surface area contributed by atoms with E-state index in [9.17, 15) is 24.6 Å². The van der Waals surface area contributed by atoms with Gasteiger partial charge in [0.15, 0.2) is 6.10 Å². The maximum atomic E-state index is 13.0. The van der Waals surface area contributed by atoms with Crippen molar-refractivity contribution in [3.8, 4) is 0 Å². The number of epoxide rings is 2. The smallest absolute Gasteiger partial charge is 0.335 e. The van der Waals surface area contributed by atoms with E-state index in [0.29, 0.717) is 13.0 Å². The number of fused-ring (bicyclic) bond motifs is 2. The van der Waals surface area contributed by atoms with Gasteiger partial charge in [0.1, 0.15) is 30.0 Å². The number of ether oxygens (including phenoxy) is 6. The highest BCUT2D eigenvalue weighted by molar-refractivity contribution is 5.84. The minimum Gasteiger partial charge on any atom is -0.463 e. The summed E-state index contributed by atoms with van der Waals surface area (Å²) in [6.45, 7) is 5.64. The highest BCUT2D eigenvalue weighted by Crippen LogP contribution is 2.75. The Morgan fingerprint density at radius 2 is 1.66 bits per heavy atom. The van der Waals surface area contributed by atoms with Crippen LogP contribution in [0.15, 0.2) is 24.3 Å². The second-order valence-corrected chi connectivity index (χ2v) is 11.9. The summed E-state index contributed by atoms with van der Waals surface area (Å²) >= 11 is 0. The molecule has 6 rings (SSSR count). The molecule has 5 fully saturated rings. The lowest BCUT2D eigenvalue weighted by Gasteiger charge is -2.59. The lowest BCUT2D eigenvalue weighted by molar-refractivity contribution is -0.261. The number of rotatable bonds is 0. The third kappa shape index (κ3) is 3.48. The van der Waals surface area contributed by atoms with Gasteiger partial charge in [0.2, 0.25) is 0 Å². The number of esters is 3. The fourth-order valence-electron chi connectivity index (χ4n) is 7.38. The van der Waals surface area contributed by atoms with Crippen molar-refractivity contribution in [1.82, 2.24) is 0 Å². The SMILES string of the molecule is C[C@H]1CCOC(=O)/C=C\C=C\C(=O)O[C@@H]2C[C@H]3O[C@@H]4[C@@H]5O[C@]5(C)[C@@H](O)C[C@@]4(COC(=O)[C@H]1O)[C@]2(C)[C@]31CO1. The van der Waals surface area contributed by atoms with Crippen molar-refractivity contribution in [3.05, 3.63) is 24.3 Å². The van der Waals surface area contributed by atoms with E-state index in [2.05, 4.69) is 0 Å². The first-order valence-corrected chi connectivity index (χ1v) is 13.2. The van der Waals surface area contributed by atoms with Crippen LogP contribution in [0.1, 0.15) is 40.0 Å². The molecule has 6 aliphatic rings. The van der Waals surface area contributed by atoms with Gasteiger partial charge in [-0.2, -0.15) is 0 Å². The number of aliphatic hydroxyl groups is 2. The predicted octanol–water partition coefficient (Wildman–Crippen LogP) is 0.353. The lowest BCUT2D eigenvalue weighted by atomic mass is 9.49. The Bertz CT molecular complexity index is 1100. The van der Waals surface area contributed by atoms with E-state index in [1.807, 2.05) is 13.8 Å².